The molecule has 0 radical (unpaired) electrons. The fraction of sp³-hybridized carbons (Fsp3) is 0.650. The number of methoxy groups -OCH3 is 1. The molecule has 0 aliphatic carbocycles. The number of guanidine groups is 1. The normalized spacial score (nSPS) is 11.5. The summed E-state index contributed by atoms with van der Waals surface area (Å²) in [6.45, 7) is 11.1. The van der Waals surface area contributed by atoms with Crippen LogP contribution in [0.3, 0.4) is 0 Å². The third-order valence-corrected chi connectivity index (χ3v) is 3.73. The van der Waals surface area contributed by atoms with E-state index in [0.717, 1.165) is 56.4 Å². The molecule has 0 aromatic heterocycles. The number of hydrogen-bond acceptors (Lipinski definition) is 4. The molecule has 2 N–H and O–H groups in total. The SMILES string of the molecule is CCNC(=NCc1ccc(C)cc1OCCOC)NCCCCOCC. The van der Waals surface area contributed by atoms with E-state index in [1.807, 2.05) is 6.92 Å². The number of rotatable bonds is 13. The zero-order valence-corrected chi connectivity index (χ0v) is 16.8. The van der Waals surface area contributed by atoms with Crippen molar-refractivity contribution in [2.45, 2.75) is 40.2 Å². The Morgan fingerprint density at radius 1 is 1.08 bits per heavy atom. The van der Waals surface area contributed by atoms with E-state index in [-0.39, 0.29) is 0 Å². The average molecular weight is 366 g/mol. The smallest absolute Gasteiger partial charge is 0.191 e. The van der Waals surface area contributed by atoms with Crippen molar-refractivity contribution in [2.24, 2.45) is 4.99 Å². The fourth-order valence-corrected chi connectivity index (χ4v) is 2.35. The van der Waals surface area contributed by atoms with Crippen LogP contribution in [0.25, 0.3) is 0 Å². The fourth-order valence-electron chi connectivity index (χ4n) is 2.35. The van der Waals surface area contributed by atoms with Crippen LogP contribution in [-0.2, 0) is 16.0 Å². The minimum absolute atomic E-state index is 0.537. The first kappa shape index (κ1) is 22.3. The molecule has 0 unspecified atom stereocenters. The van der Waals surface area contributed by atoms with Gasteiger partial charge in [0.1, 0.15) is 12.4 Å². The molecule has 148 valence electrons. The second-order valence-electron chi connectivity index (χ2n) is 5.98. The molecule has 0 heterocycles. The Morgan fingerprint density at radius 3 is 2.65 bits per heavy atom. The van der Waals surface area contributed by atoms with Crippen LogP contribution in [0, 0.1) is 6.92 Å². The van der Waals surface area contributed by atoms with E-state index in [0.29, 0.717) is 19.8 Å². The number of ether oxygens (including phenoxy) is 3. The maximum atomic E-state index is 5.84. The maximum absolute atomic E-state index is 5.84. The molecule has 0 fully saturated rings. The van der Waals surface area contributed by atoms with Crippen molar-refractivity contribution in [2.75, 3.05) is 46.6 Å². The molecule has 0 spiro atoms. The highest BCUT2D eigenvalue weighted by Gasteiger charge is 2.05. The number of benzene rings is 1. The summed E-state index contributed by atoms with van der Waals surface area (Å²) in [5, 5.41) is 6.66. The summed E-state index contributed by atoms with van der Waals surface area (Å²) in [4.78, 5) is 4.69. The Labute approximate surface area is 158 Å². The second-order valence-corrected chi connectivity index (χ2v) is 5.98. The Kier molecular flexibility index (Phi) is 12.3. The molecule has 0 saturated carbocycles. The molecule has 0 amide bonds. The van der Waals surface area contributed by atoms with Gasteiger partial charge in [0, 0.05) is 39.0 Å². The highest BCUT2D eigenvalue weighted by Crippen LogP contribution is 2.21. The minimum Gasteiger partial charge on any atom is -0.491 e. The summed E-state index contributed by atoms with van der Waals surface area (Å²) in [6, 6.07) is 6.21. The third-order valence-electron chi connectivity index (χ3n) is 3.73. The zero-order chi connectivity index (χ0) is 19.0. The van der Waals surface area contributed by atoms with Crippen molar-refractivity contribution in [3.63, 3.8) is 0 Å². The highest BCUT2D eigenvalue weighted by atomic mass is 16.5. The van der Waals surface area contributed by atoms with E-state index in [2.05, 4.69) is 47.7 Å². The van der Waals surface area contributed by atoms with Crippen molar-refractivity contribution in [1.82, 2.24) is 10.6 Å². The van der Waals surface area contributed by atoms with Gasteiger partial charge in [0.25, 0.3) is 0 Å². The van der Waals surface area contributed by atoms with E-state index in [4.69, 9.17) is 14.2 Å². The number of nitrogens with zero attached hydrogens (tertiary/aromatic N) is 1. The lowest BCUT2D eigenvalue weighted by atomic mass is 10.1. The molecule has 1 rings (SSSR count). The van der Waals surface area contributed by atoms with Crippen molar-refractivity contribution < 1.29 is 14.2 Å². The van der Waals surface area contributed by atoms with Gasteiger partial charge in [-0.05, 0) is 45.2 Å². The standard InChI is InChI=1S/C20H35N3O3/c1-5-21-20(22-11-7-8-12-25-6-2)23-16-18-10-9-17(3)15-19(18)26-14-13-24-4/h9-10,15H,5-8,11-14,16H2,1-4H3,(H2,21,22,23). The van der Waals surface area contributed by atoms with Crippen LogP contribution in [0.4, 0.5) is 0 Å². The lowest BCUT2D eigenvalue weighted by Gasteiger charge is -2.13. The van der Waals surface area contributed by atoms with Crippen LogP contribution in [-0.4, -0.2) is 52.6 Å². The molecule has 0 aliphatic heterocycles. The summed E-state index contributed by atoms with van der Waals surface area (Å²) < 4.78 is 16.3. The molecule has 0 atom stereocenters. The Hall–Kier alpha value is -1.79. The van der Waals surface area contributed by atoms with E-state index in [1.54, 1.807) is 7.11 Å². The molecule has 0 saturated heterocycles. The van der Waals surface area contributed by atoms with Gasteiger partial charge in [0.2, 0.25) is 0 Å². The molecule has 6 nitrogen and oxygen atoms in total. The summed E-state index contributed by atoms with van der Waals surface area (Å²) in [7, 11) is 1.67. The molecule has 6 heteroatoms. The first-order valence-corrected chi connectivity index (χ1v) is 9.52. The van der Waals surface area contributed by atoms with Crippen LogP contribution in [0.15, 0.2) is 23.2 Å². The predicted molar refractivity (Wildman–Crippen MR) is 107 cm³/mol. The Bertz CT molecular complexity index is 521. The minimum atomic E-state index is 0.537. The van der Waals surface area contributed by atoms with Gasteiger partial charge < -0.3 is 24.8 Å². The number of unbranched alkanes of at least 4 members (excludes halogenated alkanes) is 1. The van der Waals surface area contributed by atoms with Gasteiger partial charge in [0.05, 0.1) is 13.2 Å². The second kappa shape index (κ2) is 14.4. The summed E-state index contributed by atoms with van der Waals surface area (Å²) >= 11 is 0. The molecule has 0 aliphatic rings. The Morgan fingerprint density at radius 2 is 1.92 bits per heavy atom. The van der Waals surface area contributed by atoms with E-state index >= 15 is 0 Å². The largest absolute Gasteiger partial charge is 0.491 e. The lowest BCUT2D eigenvalue weighted by Crippen LogP contribution is -2.37. The van der Waals surface area contributed by atoms with Crippen molar-refractivity contribution in [1.29, 1.82) is 0 Å². The van der Waals surface area contributed by atoms with Gasteiger partial charge in [-0.2, -0.15) is 0 Å². The zero-order valence-electron chi connectivity index (χ0n) is 16.8. The van der Waals surface area contributed by atoms with Crippen molar-refractivity contribution in [3.8, 4) is 5.75 Å². The average Bonchev–Trinajstić information content (AvgIpc) is 2.63. The monoisotopic (exact) mass is 365 g/mol. The van der Waals surface area contributed by atoms with Crippen LogP contribution in [0.1, 0.15) is 37.8 Å². The molecule has 1 aromatic carbocycles. The molecule has 1 aromatic rings. The molecule has 26 heavy (non-hydrogen) atoms. The summed E-state index contributed by atoms with van der Waals surface area (Å²) in [5.41, 5.74) is 2.24. The van der Waals surface area contributed by atoms with Crippen LogP contribution in [0.5, 0.6) is 5.75 Å². The van der Waals surface area contributed by atoms with E-state index in [1.165, 1.54) is 5.56 Å². The van der Waals surface area contributed by atoms with Crippen LogP contribution >= 0.6 is 0 Å². The van der Waals surface area contributed by atoms with E-state index < -0.39 is 0 Å². The first-order chi connectivity index (χ1) is 12.7. The highest BCUT2D eigenvalue weighted by molar-refractivity contribution is 5.79. The third kappa shape index (κ3) is 9.63. The molecule has 0 bridgehead atoms. The van der Waals surface area contributed by atoms with Gasteiger partial charge >= 0.3 is 0 Å². The van der Waals surface area contributed by atoms with Gasteiger partial charge in [-0.1, -0.05) is 12.1 Å². The lowest BCUT2D eigenvalue weighted by molar-refractivity contribution is 0.143. The predicted octanol–water partition coefficient (Wildman–Crippen LogP) is 2.89. The van der Waals surface area contributed by atoms with Gasteiger partial charge in [-0.25, -0.2) is 4.99 Å². The van der Waals surface area contributed by atoms with Crippen molar-refractivity contribution in [3.05, 3.63) is 29.3 Å². The summed E-state index contributed by atoms with van der Waals surface area (Å²) in [6.07, 6.45) is 2.11. The quantitative estimate of drug-likeness (QED) is 0.320. The van der Waals surface area contributed by atoms with Gasteiger partial charge in [-0.15, -0.1) is 0 Å². The maximum Gasteiger partial charge on any atom is 0.191 e. The van der Waals surface area contributed by atoms with Crippen LogP contribution in [0.2, 0.25) is 0 Å². The Balaban J connectivity index is 2.58. The molecular weight excluding hydrogens is 330 g/mol. The first-order valence-electron chi connectivity index (χ1n) is 9.52. The van der Waals surface area contributed by atoms with E-state index in [9.17, 15) is 0 Å². The molecular formula is C20H35N3O3. The van der Waals surface area contributed by atoms with Crippen molar-refractivity contribution >= 4 is 5.96 Å². The summed E-state index contributed by atoms with van der Waals surface area (Å²) in [5.74, 6) is 1.70. The van der Waals surface area contributed by atoms with Crippen LogP contribution < -0.4 is 15.4 Å². The number of nitrogens with one attached hydrogen (secondary N) is 2. The number of hydrogen-bond donors (Lipinski definition) is 2. The van der Waals surface area contributed by atoms with Gasteiger partial charge in [-0.3, -0.25) is 0 Å². The number of aliphatic imine (C=N–C) groups is 1. The number of aryl methyl sites for hydroxylation is 1. The van der Waals surface area contributed by atoms with Gasteiger partial charge in [0.15, 0.2) is 5.96 Å². The topological polar surface area (TPSA) is 64.1 Å².